The first-order valence-electron chi connectivity index (χ1n) is 7.84. The Labute approximate surface area is 145 Å². The number of nitrogens with two attached hydrogens (primary N) is 1. The van der Waals surface area contributed by atoms with Gasteiger partial charge in [-0.15, -0.1) is 12.4 Å². The van der Waals surface area contributed by atoms with Gasteiger partial charge in [0.05, 0.1) is 5.92 Å². The maximum absolute atomic E-state index is 14.2. The van der Waals surface area contributed by atoms with E-state index in [4.69, 9.17) is 5.73 Å². The van der Waals surface area contributed by atoms with Crippen LogP contribution in [0, 0.1) is 23.6 Å². The summed E-state index contributed by atoms with van der Waals surface area (Å²) in [7, 11) is 0. The normalized spacial score (nSPS) is 27.8. The summed E-state index contributed by atoms with van der Waals surface area (Å²) in [6.45, 7) is 0. The quantitative estimate of drug-likeness (QED) is 0.887. The fourth-order valence-electron chi connectivity index (χ4n) is 4.05. The molecule has 2 aliphatic rings. The molecule has 1 aromatic carbocycles. The van der Waals surface area contributed by atoms with E-state index in [1.165, 1.54) is 23.4 Å². The molecule has 2 saturated carbocycles. The molecule has 3 N–H and O–H groups in total. The molecule has 2 bridgehead atoms. The van der Waals surface area contributed by atoms with Crippen LogP contribution in [0.3, 0.4) is 0 Å². The van der Waals surface area contributed by atoms with E-state index in [9.17, 15) is 9.18 Å². The van der Waals surface area contributed by atoms with Crippen LogP contribution in [0.4, 0.5) is 10.1 Å². The molecule has 2 aliphatic carbocycles. The Morgan fingerprint density at radius 2 is 2.12 bits per heavy atom. The van der Waals surface area contributed by atoms with Gasteiger partial charge in [0.25, 0.3) is 0 Å². The molecule has 1 amide bonds. The van der Waals surface area contributed by atoms with Crippen molar-refractivity contribution in [2.45, 2.75) is 25.3 Å². The molecule has 0 spiro atoms. The lowest BCUT2D eigenvalue weighted by molar-refractivity contribution is -0.121. The number of aromatic nitrogens is 3. The molecule has 8 heteroatoms. The lowest BCUT2D eigenvalue weighted by Gasteiger charge is -2.27. The zero-order valence-corrected chi connectivity index (χ0v) is 13.7. The molecule has 4 rings (SSSR count). The smallest absolute Gasteiger partial charge is 0.229 e. The first-order chi connectivity index (χ1) is 11.1. The van der Waals surface area contributed by atoms with Gasteiger partial charge in [0, 0.05) is 11.7 Å². The summed E-state index contributed by atoms with van der Waals surface area (Å²) >= 11 is 0. The van der Waals surface area contributed by atoms with Crippen molar-refractivity contribution in [2.24, 2.45) is 23.5 Å². The largest absolute Gasteiger partial charge is 0.327 e. The minimum absolute atomic E-state index is 0. The Morgan fingerprint density at radius 1 is 1.33 bits per heavy atom. The van der Waals surface area contributed by atoms with Gasteiger partial charge in [0.1, 0.15) is 18.3 Å². The van der Waals surface area contributed by atoms with Crippen molar-refractivity contribution in [1.82, 2.24) is 14.8 Å². The highest BCUT2D eigenvalue weighted by Crippen LogP contribution is 2.47. The minimum atomic E-state index is -0.467. The number of nitrogens with zero attached hydrogens (tertiary/aromatic N) is 3. The predicted molar refractivity (Wildman–Crippen MR) is 89.5 cm³/mol. The van der Waals surface area contributed by atoms with E-state index in [1.54, 1.807) is 12.1 Å². The average molecular weight is 352 g/mol. The second kappa shape index (κ2) is 6.49. The Kier molecular flexibility index (Phi) is 4.56. The summed E-state index contributed by atoms with van der Waals surface area (Å²) in [6, 6.07) is 4.46. The summed E-state index contributed by atoms with van der Waals surface area (Å²) in [5.41, 5.74) is 6.91. The molecular weight excluding hydrogens is 333 g/mol. The molecule has 24 heavy (non-hydrogen) atoms. The van der Waals surface area contributed by atoms with Gasteiger partial charge in [0.2, 0.25) is 5.91 Å². The second-order valence-electron chi connectivity index (χ2n) is 6.43. The standard InChI is InChI=1S/C16H18FN5O.ClH/c17-12-6-11(3-4-13(12)22-8-19-7-20-22)21-16(23)14-9-1-2-10(5-9)15(14)18;/h3-4,6-10,14-15H,1-2,5,18H2,(H,21,23);1H. The number of amides is 1. The number of nitrogens with one attached hydrogen (secondary N) is 1. The summed E-state index contributed by atoms with van der Waals surface area (Å²) in [5, 5.41) is 6.71. The third-order valence-electron chi connectivity index (χ3n) is 5.16. The minimum Gasteiger partial charge on any atom is -0.327 e. The van der Waals surface area contributed by atoms with Gasteiger partial charge in [-0.2, -0.15) is 5.10 Å². The molecule has 6 nitrogen and oxygen atoms in total. The first kappa shape index (κ1) is 16.9. The summed E-state index contributed by atoms with van der Waals surface area (Å²) in [6.07, 6.45) is 5.99. The highest BCUT2D eigenvalue weighted by molar-refractivity contribution is 5.93. The number of anilines is 1. The van der Waals surface area contributed by atoms with Crippen LogP contribution >= 0.6 is 12.4 Å². The molecule has 4 unspecified atom stereocenters. The molecular formula is C16H19ClFN5O. The Morgan fingerprint density at radius 3 is 2.75 bits per heavy atom. The number of carbonyl (C=O) groups is 1. The predicted octanol–water partition coefficient (Wildman–Crippen LogP) is 2.14. The van der Waals surface area contributed by atoms with Crippen molar-refractivity contribution in [3.8, 4) is 5.69 Å². The van der Waals surface area contributed by atoms with E-state index < -0.39 is 5.82 Å². The summed E-state index contributed by atoms with van der Waals surface area (Å²) in [4.78, 5) is 16.3. The molecule has 128 valence electrons. The van der Waals surface area contributed by atoms with E-state index >= 15 is 0 Å². The van der Waals surface area contributed by atoms with Crippen LogP contribution in [0.25, 0.3) is 5.69 Å². The summed E-state index contributed by atoms with van der Waals surface area (Å²) < 4.78 is 15.5. The van der Waals surface area contributed by atoms with Crippen molar-refractivity contribution in [2.75, 3.05) is 5.32 Å². The zero-order chi connectivity index (χ0) is 16.0. The zero-order valence-electron chi connectivity index (χ0n) is 12.9. The molecule has 0 radical (unpaired) electrons. The topological polar surface area (TPSA) is 85.8 Å². The van der Waals surface area contributed by atoms with Crippen molar-refractivity contribution in [3.63, 3.8) is 0 Å². The van der Waals surface area contributed by atoms with Crippen LogP contribution < -0.4 is 11.1 Å². The van der Waals surface area contributed by atoms with Crippen LogP contribution in [0.1, 0.15) is 19.3 Å². The Balaban J connectivity index is 0.00000169. The van der Waals surface area contributed by atoms with Crippen molar-refractivity contribution in [3.05, 3.63) is 36.7 Å². The van der Waals surface area contributed by atoms with Gasteiger partial charge in [-0.3, -0.25) is 4.79 Å². The van der Waals surface area contributed by atoms with Gasteiger partial charge in [-0.25, -0.2) is 14.1 Å². The van der Waals surface area contributed by atoms with Crippen LogP contribution in [-0.4, -0.2) is 26.7 Å². The van der Waals surface area contributed by atoms with Crippen molar-refractivity contribution >= 4 is 24.0 Å². The molecule has 1 heterocycles. The third-order valence-corrected chi connectivity index (χ3v) is 5.16. The molecule has 2 aromatic rings. The van der Waals surface area contributed by atoms with Gasteiger partial charge in [-0.1, -0.05) is 0 Å². The van der Waals surface area contributed by atoms with Crippen LogP contribution in [0.15, 0.2) is 30.9 Å². The van der Waals surface area contributed by atoms with Gasteiger partial charge >= 0.3 is 0 Å². The van der Waals surface area contributed by atoms with Crippen molar-refractivity contribution < 1.29 is 9.18 Å². The van der Waals surface area contributed by atoms with E-state index in [0.717, 1.165) is 19.3 Å². The lowest BCUT2D eigenvalue weighted by Crippen LogP contribution is -2.42. The molecule has 0 aliphatic heterocycles. The Hall–Kier alpha value is -1.99. The number of fused-ring (bicyclic) bond motifs is 2. The average Bonchev–Trinajstić information content (AvgIpc) is 3.24. The fourth-order valence-corrected chi connectivity index (χ4v) is 4.05. The molecule has 4 atom stereocenters. The van der Waals surface area contributed by atoms with Crippen LogP contribution in [0.5, 0.6) is 0 Å². The summed E-state index contributed by atoms with van der Waals surface area (Å²) in [5.74, 6) is 0.103. The van der Waals surface area contributed by atoms with Gasteiger partial charge < -0.3 is 11.1 Å². The SMILES string of the molecule is Cl.NC1C2CCC(C2)C1C(=O)Nc1ccc(-n2cncn2)c(F)c1. The highest BCUT2D eigenvalue weighted by Gasteiger charge is 2.49. The molecule has 0 saturated heterocycles. The third kappa shape index (κ3) is 2.78. The van der Waals surface area contributed by atoms with Crippen molar-refractivity contribution in [1.29, 1.82) is 0 Å². The van der Waals surface area contributed by atoms with E-state index in [2.05, 4.69) is 15.4 Å². The maximum atomic E-state index is 14.2. The first-order valence-corrected chi connectivity index (χ1v) is 7.84. The fraction of sp³-hybridized carbons (Fsp3) is 0.438. The second-order valence-corrected chi connectivity index (χ2v) is 6.43. The number of carbonyl (C=O) groups excluding carboxylic acids is 1. The highest BCUT2D eigenvalue weighted by atomic mass is 35.5. The lowest BCUT2D eigenvalue weighted by atomic mass is 9.84. The maximum Gasteiger partial charge on any atom is 0.229 e. The van der Waals surface area contributed by atoms with Gasteiger partial charge in [0.15, 0.2) is 5.82 Å². The monoisotopic (exact) mass is 351 g/mol. The van der Waals surface area contributed by atoms with Crippen LogP contribution in [0.2, 0.25) is 0 Å². The molecule has 2 fully saturated rings. The van der Waals surface area contributed by atoms with Crippen LogP contribution in [-0.2, 0) is 4.79 Å². The van der Waals surface area contributed by atoms with Gasteiger partial charge in [-0.05, 0) is 49.3 Å². The number of benzene rings is 1. The van der Waals surface area contributed by atoms with E-state index in [0.29, 0.717) is 17.5 Å². The number of halogens is 2. The number of hydrogen-bond donors (Lipinski definition) is 2. The number of hydrogen-bond acceptors (Lipinski definition) is 4. The molecule has 1 aromatic heterocycles. The Bertz CT molecular complexity index is 736. The number of rotatable bonds is 3. The van der Waals surface area contributed by atoms with E-state index in [1.807, 2.05) is 0 Å². The van der Waals surface area contributed by atoms with E-state index in [-0.39, 0.29) is 36.0 Å².